The lowest BCUT2D eigenvalue weighted by Gasteiger charge is -2.23. The van der Waals surface area contributed by atoms with Crippen LogP contribution in [0.5, 0.6) is 0 Å². The van der Waals surface area contributed by atoms with Gasteiger partial charge in [-0.2, -0.15) is 0 Å². The maximum absolute atomic E-state index is 11.0. The Kier molecular flexibility index (Phi) is 5.54. The molecule has 0 spiro atoms. The standard InChI is InChI=1S/C13H22N4O2/c1-5-13(2,3)8-15-11-6-10(16-9-17-11)14-7-12(18)19-4/h6,9H,5,7-8H2,1-4H3,(H2,14,15,16,17). The monoisotopic (exact) mass is 266 g/mol. The molecule has 1 rings (SSSR count). The zero-order valence-electron chi connectivity index (χ0n) is 12.0. The lowest BCUT2D eigenvalue weighted by molar-refractivity contribution is -0.138. The van der Waals surface area contributed by atoms with Crippen LogP contribution < -0.4 is 10.6 Å². The van der Waals surface area contributed by atoms with E-state index in [0.717, 1.165) is 18.8 Å². The molecule has 0 radical (unpaired) electrons. The summed E-state index contributed by atoms with van der Waals surface area (Å²) in [4.78, 5) is 19.2. The van der Waals surface area contributed by atoms with Crippen LogP contribution in [0.25, 0.3) is 0 Å². The minimum Gasteiger partial charge on any atom is -0.468 e. The van der Waals surface area contributed by atoms with Crippen molar-refractivity contribution in [3.05, 3.63) is 12.4 Å². The van der Waals surface area contributed by atoms with Crippen LogP contribution in [0.3, 0.4) is 0 Å². The fourth-order valence-electron chi connectivity index (χ4n) is 1.24. The molecule has 1 aromatic rings. The van der Waals surface area contributed by atoms with Crippen LogP contribution in [0.1, 0.15) is 27.2 Å². The van der Waals surface area contributed by atoms with E-state index in [-0.39, 0.29) is 17.9 Å². The summed E-state index contributed by atoms with van der Waals surface area (Å²) < 4.78 is 4.55. The Hall–Kier alpha value is -1.85. The quantitative estimate of drug-likeness (QED) is 0.734. The van der Waals surface area contributed by atoms with E-state index < -0.39 is 0 Å². The third kappa shape index (κ3) is 5.54. The summed E-state index contributed by atoms with van der Waals surface area (Å²) in [7, 11) is 1.35. The van der Waals surface area contributed by atoms with Crippen molar-refractivity contribution in [3.63, 3.8) is 0 Å². The molecule has 0 aliphatic carbocycles. The smallest absolute Gasteiger partial charge is 0.325 e. The molecule has 1 heterocycles. The summed E-state index contributed by atoms with van der Waals surface area (Å²) in [5.74, 6) is 1.00. The second kappa shape index (κ2) is 6.92. The van der Waals surface area contributed by atoms with Gasteiger partial charge in [0.05, 0.1) is 7.11 Å². The molecule has 0 fully saturated rings. The summed E-state index contributed by atoms with van der Waals surface area (Å²) >= 11 is 0. The van der Waals surface area contributed by atoms with Gasteiger partial charge >= 0.3 is 5.97 Å². The van der Waals surface area contributed by atoms with Crippen molar-refractivity contribution in [1.82, 2.24) is 9.97 Å². The minimum absolute atomic E-state index is 0.0907. The Morgan fingerprint density at radius 1 is 1.32 bits per heavy atom. The first-order chi connectivity index (χ1) is 8.96. The van der Waals surface area contributed by atoms with Gasteiger partial charge in [0.2, 0.25) is 0 Å². The van der Waals surface area contributed by atoms with Gasteiger partial charge in [-0.05, 0) is 11.8 Å². The molecular weight excluding hydrogens is 244 g/mol. The predicted octanol–water partition coefficient (Wildman–Crippen LogP) is 1.91. The molecule has 0 atom stereocenters. The maximum atomic E-state index is 11.0. The van der Waals surface area contributed by atoms with E-state index in [4.69, 9.17) is 0 Å². The molecule has 0 amide bonds. The van der Waals surface area contributed by atoms with E-state index in [1.165, 1.54) is 13.4 Å². The van der Waals surface area contributed by atoms with Crippen LogP contribution in [0.2, 0.25) is 0 Å². The molecule has 0 unspecified atom stereocenters. The van der Waals surface area contributed by atoms with Crippen molar-refractivity contribution in [3.8, 4) is 0 Å². The van der Waals surface area contributed by atoms with Crippen molar-refractivity contribution in [2.75, 3.05) is 30.8 Å². The van der Waals surface area contributed by atoms with Gasteiger partial charge in [0.1, 0.15) is 24.5 Å². The number of carbonyl (C=O) groups excluding carboxylic acids is 1. The SMILES string of the molecule is CCC(C)(C)CNc1cc(NCC(=O)OC)ncn1. The Bertz CT molecular complexity index is 421. The number of carbonyl (C=O) groups is 1. The van der Waals surface area contributed by atoms with Crippen molar-refractivity contribution < 1.29 is 9.53 Å². The minimum atomic E-state index is -0.333. The zero-order valence-corrected chi connectivity index (χ0v) is 12.0. The molecule has 1 aromatic heterocycles. The van der Waals surface area contributed by atoms with Gasteiger partial charge in [0, 0.05) is 12.6 Å². The highest BCUT2D eigenvalue weighted by Crippen LogP contribution is 2.20. The number of hydrogen-bond donors (Lipinski definition) is 2. The number of ether oxygens (including phenoxy) is 1. The molecule has 6 nitrogen and oxygen atoms in total. The molecule has 0 aliphatic rings. The zero-order chi connectivity index (χ0) is 14.3. The normalized spacial score (nSPS) is 10.9. The molecule has 0 aliphatic heterocycles. The van der Waals surface area contributed by atoms with Crippen LogP contribution in [-0.4, -0.2) is 36.1 Å². The van der Waals surface area contributed by atoms with Crippen LogP contribution in [0.4, 0.5) is 11.6 Å². The second-order valence-corrected chi connectivity index (χ2v) is 5.09. The van der Waals surface area contributed by atoms with Crippen molar-refractivity contribution >= 4 is 17.6 Å². The van der Waals surface area contributed by atoms with Gasteiger partial charge in [-0.15, -0.1) is 0 Å². The van der Waals surface area contributed by atoms with Gasteiger partial charge in [-0.1, -0.05) is 20.8 Å². The maximum Gasteiger partial charge on any atom is 0.325 e. The Balaban J connectivity index is 2.54. The fraction of sp³-hybridized carbons (Fsp3) is 0.615. The average molecular weight is 266 g/mol. The Labute approximate surface area is 114 Å². The molecule has 2 N–H and O–H groups in total. The Morgan fingerprint density at radius 3 is 2.53 bits per heavy atom. The van der Waals surface area contributed by atoms with E-state index >= 15 is 0 Å². The van der Waals surface area contributed by atoms with Crippen molar-refractivity contribution in [2.45, 2.75) is 27.2 Å². The first kappa shape index (κ1) is 15.2. The van der Waals surface area contributed by atoms with Gasteiger partial charge in [-0.25, -0.2) is 9.97 Å². The second-order valence-electron chi connectivity index (χ2n) is 5.09. The first-order valence-corrected chi connectivity index (χ1v) is 6.33. The molecular formula is C13H22N4O2. The van der Waals surface area contributed by atoms with E-state index in [9.17, 15) is 4.79 Å². The number of hydrogen-bond acceptors (Lipinski definition) is 6. The van der Waals surface area contributed by atoms with Crippen LogP contribution in [0, 0.1) is 5.41 Å². The summed E-state index contributed by atoms with van der Waals surface area (Å²) in [6.07, 6.45) is 2.54. The molecule has 106 valence electrons. The highest BCUT2D eigenvalue weighted by atomic mass is 16.5. The van der Waals surface area contributed by atoms with Crippen LogP contribution in [-0.2, 0) is 9.53 Å². The summed E-state index contributed by atoms with van der Waals surface area (Å²) in [5.41, 5.74) is 0.213. The Morgan fingerprint density at radius 2 is 1.95 bits per heavy atom. The lowest BCUT2D eigenvalue weighted by Crippen LogP contribution is -2.22. The highest BCUT2D eigenvalue weighted by molar-refractivity contribution is 5.74. The number of aromatic nitrogens is 2. The largest absolute Gasteiger partial charge is 0.468 e. The van der Waals surface area contributed by atoms with Crippen molar-refractivity contribution in [1.29, 1.82) is 0 Å². The summed E-state index contributed by atoms with van der Waals surface area (Å²) in [6, 6.07) is 1.77. The number of anilines is 2. The lowest BCUT2D eigenvalue weighted by atomic mass is 9.90. The average Bonchev–Trinajstić information content (AvgIpc) is 2.43. The molecule has 0 saturated carbocycles. The molecule has 0 saturated heterocycles. The van der Waals surface area contributed by atoms with E-state index in [2.05, 4.69) is 46.1 Å². The van der Waals surface area contributed by atoms with Gasteiger partial charge in [0.25, 0.3) is 0 Å². The van der Waals surface area contributed by atoms with E-state index in [1.807, 2.05) is 0 Å². The number of rotatable bonds is 7. The molecule has 0 aromatic carbocycles. The third-order valence-electron chi connectivity index (χ3n) is 3.01. The van der Waals surface area contributed by atoms with Crippen LogP contribution in [0.15, 0.2) is 12.4 Å². The topological polar surface area (TPSA) is 76.1 Å². The number of nitrogens with zero attached hydrogens (tertiary/aromatic N) is 2. The van der Waals surface area contributed by atoms with Crippen LogP contribution >= 0.6 is 0 Å². The summed E-state index contributed by atoms with van der Waals surface area (Å²) in [5, 5.41) is 6.15. The van der Waals surface area contributed by atoms with Gasteiger partial charge < -0.3 is 15.4 Å². The predicted molar refractivity (Wildman–Crippen MR) is 75.1 cm³/mol. The van der Waals surface area contributed by atoms with Crippen molar-refractivity contribution in [2.24, 2.45) is 5.41 Å². The summed E-state index contributed by atoms with van der Waals surface area (Å²) in [6.45, 7) is 7.46. The van der Waals surface area contributed by atoms with E-state index in [0.29, 0.717) is 5.82 Å². The fourth-order valence-corrected chi connectivity index (χ4v) is 1.24. The number of esters is 1. The third-order valence-corrected chi connectivity index (χ3v) is 3.01. The number of methoxy groups -OCH3 is 1. The number of nitrogens with one attached hydrogen (secondary N) is 2. The van der Waals surface area contributed by atoms with Gasteiger partial charge in [0.15, 0.2) is 0 Å². The molecule has 0 bridgehead atoms. The van der Waals surface area contributed by atoms with E-state index in [1.54, 1.807) is 6.07 Å². The highest BCUT2D eigenvalue weighted by Gasteiger charge is 2.14. The molecule has 19 heavy (non-hydrogen) atoms. The van der Waals surface area contributed by atoms with Gasteiger partial charge in [-0.3, -0.25) is 4.79 Å². The first-order valence-electron chi connectivity index (χ1n) is 6.33. The molecule has 6 heteroatoms.